The molecule has 0 bridgehead atoms. The van der Waals surface area contributed by atoms with E-state index in [1.165, 1.54) is 11.3 Å². The van der Waals surface area contributed by atoms with E-state index in [0.717, 1.165) is 28.9 Å². The van der Waals surface area contributed by atoms with Crippen LogP contribution in [0.25, 0.3) is 0 Å². The van der Waals surface area contributed by atoms with Crippen molar-refractivity contribution in [2.75, 3.05) is 30.8 Å². The molecule has 0 amide bonds. The molecule has 1 aliphatic heterocycles. The van der Waals surface area contributed by atoms with E-state index >= 15 is 0 Å². The van der Waals surface area contributed by atoms with Gasteiger partial charge in [-0.3, -0.25) is 4.99 Å². The summed E-state index contributed by atoms with van der Waals surface area (Å²) in [5.41, 5.74) is 2.39. The Hall–Kier alpha value is -0.670. The lowest BCUT2D eigenvalue weighted by atomic mass is 10.2. The van der Waals surface area contributed by atoms with E-state index in [0.29, 0.717) is 0 Å². The number of nitrogens with zero attached hydrogens (tertiary/aromatic N) is 2. The highest BCUT2D eigenvalue weighted by molar-refractivity contribution is 8.14. The Labute approximate surface area is 106 Å². The number of hydrogen-bond acceptors (Lipinski definition) is 3. The van der Waals surface area contributed by atoms with Crippen molar-refractivity contribution in [3.63, 3.8) is 0 Å². The molecule has 0 saturated carbocycles. The van der Waals surface area contributed by atoms with Crippen molar-refractivity contribution in [2.24, 2.45) is 4.99 Å². The lowest BCUT2D eigenvalue weighted by Gasteiger charge is -2.19. The molecule has 0 spiro atoms. The molecule has 0 unspecified atom stereocenters. The Morgan fingerprint density at radius 3 is 3.06 bits per heavy atom. The highest BCUT2D eigenvalue weighted by Crippen LogP contribution is 2.29. The van der Waals surface area contributed by atoms with Gasteiger partial charge < -0.3 is 4.90 Å². The minimum atomic E-state index is 0.776. The Kier molecular flexibility index (Phi) is 3.77. The van der Waals surface area contributed by atoms with E-state index in [9.17, 15) is 0 Å². The molecule has 1 aromatic carbocycles. The molecule has 0 radical (unpaired) electrons. The van der Waals surface area contributed by atoms with Gasteiger partial charge in [0.25, 0.3) is 0 Å². The van der Waals surface area contributed by atoms with Crippen LogP contribution in [0.1, 0.15) is 12.5 Å². The predicted molar refractivity (Wildman–Crippen MR) is 74.3 cm³/mol. The van der Waals surface area contributed by atoms with E-state index < -0.39 is 0 Å². The van der Waals surface area contributed by atoms with Crippen LogP contribution in [0.2, 0.25) is 5.02 Å². The number of aliphatic imine (C=N–C) groups is 1. The van der Waals surface area contributed by atoms with Gasteiger partial charge in [0.2, 0.25) is 0 Å². The molecule has 1 aromatic rings. The second-order valence-electron chi connectivity index (χ2n) is 3.70. The highest BCUT2D eigenvalue weighted by Gasteiger charge is 2.16. The standard InChI is InChI=1S/C12H15ClN2S/c1-3-16-12-10-8-9(13)4-5-11(10)15(2)7-6-14-12/h4-5,8H,3,6-7H2,1-2H3. The molecule has 0 saturated heterocycles. The summed E-state index contributed by atoms with van der Waals surface area (Å²) in [4.78, 5) is 6.86. The number of halogens is 1. The maximum absolute atomic E-state index is 6.06. The topological polar surface area (TPSA) is 15.6 Å². The van der Waals surface area contributed by atoms with Crippen LogP contribution in [-0.2, 0) is 0 Å². The van der Waals surface area contributed by atoms with Crippen molar-refractivity contribution >= 4 is 34.1 Å². The van der Waals surface area contributed by atoms with Gasteiger partial charge in [-0.25, -0.2) is 0 Å². The van der Waals surface area contributed by atoms with Crippen molar-refractivity contribution in [1.29, 1.82) is 0 Å². The molecule has 86 valence electrons. The maximum Gasteiger partial charge on any atom is 0.0998 e. The number of fused-ring (bicyclic) bond motifs is 1. The fourth-order valence-electron chi connectivity index (χ4n) is 1.78. The van der Waals surface area contributed by atoms with Crippen LogP contribution in [0.4, 0.5) is 5.69 Å². The molecule has 0 N–H and O–H groups in total. The number of rotatable bonds is 1. The molecule has 2 rings (SSSR count). The summed E-state index contributed by atoms with van der Waals surface area (Å²) < 4.78 is 0. The van der Waals surface area contributed by atoms with Crippen molar-refractivity contribution in [1.82, 2.24) is 0 Å². The zero-order chi connectivity index (χ0) is 11.5. The third kappa shape index (κ3) is 2.36. The van der Waals surface area contributed by atoms with Crippen LogP contribution in [0.15, 0.2) is 23.2 Å². The monoisotopic (exact) mass is 254 g/mol. The summed E-state index contributed by atoms with van der Waals surface area (Å²) in [6.07, 6.45) is 0. The van der Waals surface area contributed by atoms with E-state index in [2.05, 4.69) is 29.9 Å². The second kappa shape index (κ2) is 5.11. The van der Waals surface area contributed by atoms with Crippen LogP contribution in [0.3, 0.4) is 0 Å². The van der Waals surface area contributed by atoms with Crippen LogP contribution in [-0.4, -0.2) is 30.9 Å². The predicted octanol–water partition coefficient (Wildman–Crippen LogP) is 3.29. The first-order valence-corrected chi connectivity index (χ1v) is 6.77. The summed E-state index contributed by atoms with van der Waals surface area (Å²) in [6.45, 7) is 3.96. The van der Waals surface area contributed by atoms with E-state index in [-0.39, 0.29) is 0 Å². The number of thioether (sulfide) groups is 1. The molecule has 16 heavy (non-hydrogen) atoms. The van der Waals surface area contributed by atoms with Gasteiger partial charge in [-0.15, -0.1) is 11.8 Å². The average Bonchev–Trinajstić information content (AvgIpc) is 2.40. The first kappa shape index (κ1) is 11.8. The van der Waals surface area contributed by atoms with Gasteiger partial charge in [-0.2, -0.15) is 0 Å². The Morgan fingerprint density at radius 1 is 1.50 bits per heavy atom. The number of anilines is 1. The quantitative estimate of drug-likeness (QED) is 0.764. The molecule has 1 heterocycles. The van der Waals surface area contributed by atoms with Crippen molar-refractivity contribution in [3.8, 4) is 0 Å². The Bertz CT molecular complexity index is 417. The van der Waals surface area contributed by atoms with Crippen LogP contribution < -0.4 is 4.90 Å². The molecule has 4 heteroatoms. The summed E-state index contributed by atoms with van der Waals surface area (Å²) >= 11 is 7.84. The molecular formula is C12H15ClN2S. The number of likely N-dealkylation sites (N-methyl/N-ethyl adjacent to an activating group) is 1. The lowest BCUT2D eigenvalue weighted by Crippen LogP contribution is -2.20. The van der Waals surface area contributed by atoms with Crippen molar-refractivity contribution in [2.45, 2.75) is 6.92 Å². The van der Waals surface area contributed by atoms with Crippen molar-refractivity contribution in [3.05, 3.63) is 28.8 Å². The maximum atomic E-state index is 6.06. The lowest BCUT2D eigenvalue weighted by molar-refractivity contribution is 0.897. The van der Waals surface area contributed by atoms with Gasteiger partial charge in [0.15, 0.2) is 0 Å². The van der Waals surface area contributed by atoms with Crippen LogP contribution in [0, 0.1) is 0 Å². The van der Waals surface area contributed by atoms with Gasteiger partial charge >= 0.3 is 0 Å². The van der Waals surface area contributed by atoms with Gasteiger partial charge in [-0.1, -0.05) is 18.5 Å². The molecule has 0 atom stereocenters. The minimum absolute atomic E-state index is 0.776. The largest absolute Gasteiger partial charge is 0.372 e. The molecule has 2 nitrogen and oxygen atoms in total. The second-order valence-corrected chi connectivity index (χ2v) is 5.39. The number of hydrogen-bond donors (Lipinski definition) is 0. The van der Waals surface area contributed by atoms with E-state index in [1.807, 2.05) is 12.1 Å². The number of benzene rings is 1. The number of benzodiazepines with no additional fused rings is 1. The van der Waals surface area contributed by atoms with Gasteiger partial charge in [0.05, 0.1) is 11.6 Å². The SMILES string of the molecule is CCSC1=NCCN(C)c2ccc(Cl)cc21. The van der Waals surface area contributed by atoms with Crippen molar-refractivity contribution < 1.29 is 0 Å². The van der Waals surface area contributed by atoms with Crippen LogP contribution >= 0.6 is 23.4 Å². The van der Waals surface area contributed by atoms with Gasteiger partial charge in [0, 0.05) is 29.9 Å². The van der Waals surface area contributed by atoms with Gasteiger partial charge in [0.1, 0.15) is 0 Å². The first-order chi connectivity index (χ1) is 7.72. The minimum Gasteiger partial charge on any atom is -0.372 e. The fraction of sp³-hybridized carbons (Fsp3) is 0.417. The Morgan fingerprint density at radius 2 is 2.31 bits per heavy atom. The summed E-state index contributed by atoms with van der Waals surface area (Å²) in [5.74, 6) is 1.04. The molecule has 0 fully saturated rings. The average molecular weight is 255 g/mol. The van der Waals surface area contributed by atoms with E-state index in [1.54, 1.807) is 11.8 Å². The third-order valence-corrected chi connectivity index (χ3v) is 3.72. The molecule has 0 aromatic heterocycles. The smallest absolute Gasteiger partial charge is 0.0998 e. The van der Waals surface area contributed by atoms with E-state index in [4.69, 9.17) is 11.6 Å². The highest BCUT2D eigenvalue weighted by atomic mass is 35.5. The first-order valence-electron chi connectivity index (χ1n) is 5.40. The molecule has 0 aliphatic carbocycles. The molecule has 1 aliphatic rings. The summed E-state index contributed by atoms with van der Waals surface area (Å²) in [5, 5.41) is 1.89. The normalized spacial score (nSPS) is 15.4. The summed E-state index contributed by atoms with van der Waals surface area (Å²) in [6, 6.07) is 6.03. The third-order valence-electron chi connectivity index (χ3n) is 2.57. The summed E-state index contributed by atoms with van der Waals surface area (Å²) in [7, 11) is 2.10. The fourth-order valence-corrected chi connectivity index (χ4v) is 2.73. The zero-order valence-electron chi connectivity index (χ0n) is 9.53. The van der Waals surface area contributed by atoms with Gasteiger partial charge in [-0.05, 0) is 24.0 Å². The van der Waals surface area contributed by atoms with Crippen LogP contribution in [0.5, 0.6) is 0 Å². The Balaban J connectivity index is 2.48. The molecular weight excluding hydrogens is 240 g/mol. The zero-order valence-corrected chi connectivity index (χ0v) is 11.1.